The van der Waals surface area contributed by atoms with Crippen molar-refractivity contribution < 1.29 is 15.0 Å². The van der Waals surface area contributed by atoms with Crippen molar-refractivity contribution in [2.24, 2.45) is 0 Å². The molecule has 2 N–H and O–H groups in total. The minimum Gasteiger partial charge on any atom is -0.389 e. The lowest BCUT2D eigenvalue weighted by Crippen LogP contribution is -2.50. The number of likely N-dealkylation sites (N-methyl/N-ethyl adjacent to an activating group) is 1. The molecule has 0 bridgehead atoms. The molecule has 0 unspecified atom stereocenters. The molecule has 0 saturated heterocycles. The fourth-order valence-electron chi connectivity index (χ4n) is 1.18. The maximum Gasteiger partial charge on any atom is 0.254 e. The normalized spacial score (nSPS) is 12.8. The van der Waals surface area contributed by atoms with Crippen molar-refractivity contribution in [3.05, 3.63) is 0 Å². The van der Waals surface area contributed by atoms with E-state index in [0.29, 0.717) is 6.54 Å². The molecule has 0 heterocycles. The molecule has 0 saturated carbocycles. The number of amides is 1. The Balaban J connectivity index is 4.51. The van der Waals surface area contributed by atoms with Crippen LogP contribution in [0.15, 0.2) is 0 Å². The van der Waals surface area contributed by atoms with Gasteiger partial charge in [0.25, 0.3) is 5.91 Å². The molecule has 0 aliphatic heterocycles. The second kappa shape index (κ2) is 4.28. The van der Waals surface area contributed by atoms with Gasteiger partial charge >= 0.3 is 0 Å². The zero-order chi connectivity index (χ0) is 11.6. The smallest absolute Gasteiger partial charge is 0.254 e. The Morgan fingerprint density at radius 2 is 1.64 bits per heavy atom. The topological polar surface area (TPSA) is 60.8 Å². The molecule has 0 fully saturated rings. The average Bonchev–Trinajstić information content (AvgIpc) is 1.95. The number of carbonyl (C=O) groups excluding carboxylic acids is 1. The van der Waals surface area contributed by atoms with E-state index in [0.717, 1.165) is 0 Å². The minimum absolute atomic E-state index is 0.228. The molecule has 0 spiro atoms. The third kappa shape index (κ3) is 4.58. The van der Waals surface area contributed by atoms with E-state index in [-0.39, 0.29) is 12.5 Å². The summed E-state index contributed by atoms with van der Waals surface area (Å²) in [7, 11) is 0. The molecule has 0 aliphatic rings. The molecule has 1 amide bonds. The summed E-state index contributed by atoms with van der Waals surface area (Å²) >= 11 is 0. The Hall–Kier alpha value is -0.610. The molecule has 4 heteroatoms. The predicted molar refractivity (Wildman–Crippen MR) is 54.8 cm³/mol. The molecular formula is C10H21NO3. The average molecular weight is 203 g/mol. The van der Waals surface area contributed by atoms with E-state index in [9.17, 15) is 15.0 Å². The maximum absolute atomic E-state index is 11.6. The summed E-state index contributed by atoms with van der Waals surface area (Å²) in [5.74, 6) is -0.359. The van der Waals surface area contributed by atoms with E-state index >= 15 is 0 Å². The van der Waals surface area contributed by atoms with Crippen molar-refractivity contribution in [3.63, 3.8) is 0 Å². The lowest BCUT2D eigenvalue weighted by atomic mass is 10.1. The van der Waals surface area contributed by atoms with Gasteiger partial charge in [0.05, 0.1) is 5.60 Å². The monoisotopic (exact) mass is 203 g/mol. The van der Waals surface area contributed by atoms with Crippen LogP contribution in [0.25, 0.3) is 0 Å². The van der Waals surface area contributed by atoms with Gasteiger partial charge in [-0.25, -0.2) is 0 Å². The Morgan fingerprint density at radius 3 is 1.86 bits per heavy atom. The van der Waals surface area contributed by atoms with Crippen LogP contribution in [0, 0.1) is 0 Å². The Labute approximate surface area is 85.5 Å². The summed E-state index contributed by atoms with van der Waals surface area (Å²) in [4.78, 5) is 13.1. The molecule has 0 aliphatic carbocycles. The van der Waals surface area contributed by atoms with Gasteiger partial charge in [-0.3, -0.25) is 4.79 Å². The highest BCUT2D eigenvalue weighted by molar-refractivity contribution is 5.84. The van der Waals surface area contributed by atoms with Crippen LogP contribution in [-0.2, 0) is 4.79 Å². The van der Waals surface area contributed by atoms with Gasteiger partial charge in [0.1, 0.15) is 5.60 Å². The Morgan fingerprint density at radius 1 is 1.21 bits per heavy atom. The molecule has 84 valence electrons. The summed E-state index contributed by atoms with van der Waals surface area (Å²) < 4.78 is 0. The zero-order valence-corrected chi connectivity index (χ0v) is 9.66. The summed E-state index contributed by atoms with van der Waals surface area (Å²) in [6.45, 7) is 8.68. The largest absolute Gasteiger partial charge is 0.389 e. The lowest BCUT2D eigenvalue weighted by Gasteiger charge is -2.32. The van der Waals surface area contributed by atoms with Crippen molar-refractivity contribution in [3.8, 4) is 0 Å². The summed E-state index contributed by atoms with van der Waals surface area (Å²) in [5.41, 5.74) is -2.31. The fraction of sp³-hybridized carbons (Fsp3) is 0.900. The van der Waals surface area contributed by atoms with Gasteiger partial charge in [-0.1, -0.05) is 0 Å². The lowest BCUT2D eigenvalue weighted by molar-refractivity contribution is -0.150. The van der Waals surface area contributed by atoms with E-state index in [1.165, 1.54) is 18.7 Å². The van der Waals surface area contributed by atoms with Crippen LogP contribution in [0.5, 0.6) is 0 Å². The molecular weight excluding hydrogens is 182 g/mol. The van der Waals surface area contributed by atoms with E-state index < -0.39 is 11.2 Å². The van der Waals surface area contributed by atoms with Crippen molar-refractivity contribution in [1.29, 1.82) is 0 Å². The molecule has 4 nitrogen and oxygen atoms in total. The van der Waals surface area contributed by atoms with Crippen LogP contribution in [0.3, 0.4) is 0 Å². The first-order valence-electron chi connectivity index (χ1n) is 4.82. The van der Waals surface area contributed by atoms with E-state index in [2.05, 4.69) is 0 Å². The first-order valence-corrected chi connectivity index (χ1v) is 4.82. The number of hydrogen-bond acceptors (Lipinski definition) is 3. The van der Waals surface area contributed by atoms with E-state index in [1.807, 2.05) is 6.92 Å². The second-order valence-electron chi connectivity index (χ2n) is 4.69. The van der Waals surface area contributed by atoms with Gasteiger partial charge < -0.3 is 15.1 Å². The van der Waals surface area contributed by atoms with Crippen molar-refractivity contribution in [2.45, 2.75) is 45.8 Å². The molecule has 14 heavy (non-hydrogen) atoms. The number of rotatable bonds is 4. The van der Waals surface area contributed by atoms with Gasteiger partial charge in [-0.2, -0.15) is 0 Å². The van der Waals surface area contributed by atoms with Crippen LogP contribution in [0.2, 0.25) is 0 Å². The van der Waals surface area contributed by atoms with Gasteiger partial charge in [-0.15, -0.1) is 0 Å². The molecule has 0 aromatic carbocycles. The fourth-order valence-corrected chi connectivity index (χ4v) is 1.18. The molecule has 0 atom stereocenters. The predicted octanol–water partition coefficient (Wildman–Crippen LogP) is 0.377. The zero-order valence-electron chi connectivity index (χ0n) is 9.66. The van der Waals surface area contributed by atoms with E-state index in [1.54, 1.807) is 13.8 Å². The second-order valence-corrected chi connectivity index (χ2v) is 4.69. The van der Waals surface area contributed by atoms with Crippen LogP contribution in [0.4, 0.5) is 0 Å². The van der Waals surface area contributed by atoms with E-state index in [4.69, 9.17) is 0 Å². The van der Waals surface area contributed by atoms with Crippen molar-refractivity contribution in [1.82, 2.24) is 4.90 Å². The quantitative estimate of drug-likeness (QED) is 0.694. The van der Waals surface area contributed by atoms with Crippen molar-refractivity contribution >= 4 is 5.91 Å². The molecule has 0 aromatic rings. The number of carbonyl (C=O) groups is 1. The van der Waals surface area contributed by atoms with Gasteiger partial charge in [0.2, 0.25) is 0 Å². The summed E-state index contributed by atoms with van der Waals surface area (Å²) in [5, 5.41) is 19.1. The number of nitrogens with zero attached hydrogens (tertiary/aromatic N) is 1. The Kier molecular flexibility index (Phi) is 4.09. The van der Waals surface area contributed by atoms with Crippen LogP contribution < -0.4 is 0 Å². The number of hydrogen-bond donors (Lipinski definition) is 2. The van der Waals surface area contributed by atoms with Crippen LogP contribution >= 0.6 is 0 Å². The minimum atomic E-state index is -1.37. The summed E-state index contributed by atoms with van der Waals surface area (Å²) in [6.07, 6.45) is 0. The van der Waals surface area contributed by atoms with Gasteiger partial charge in [-0.05, 0) is 34.6 Å². The molecule has 0 rings (SSSR count). The Bertz CT molecular complexity index is 200. The first kappa shape index (κ1) is 13.4. The summed E-state index contributed by atoms with van der Waals surface area (Å²) in [6, 6.07) is 0. The first-order chi connectivity index (χ1) is 6.08. The maximum atomic E-state index is 11.6. The SMILES string of the molecule is CCN(CC(C)(C)O)C(=O)C(C)(C)O. The third-order valence-corrected chi connectivity index (χ3v) is 1.77. The van der Waals surface area contributed by atoms with Crippen LogP contribution in [-0.4, -0.2) is 45.3 Å². The van der Waals surface area contributed by atoms with Gasteiger partial charge in [0.15, 0.2) is 0 Å². The number of aliphatic hydroxyl groups is 2. The van der Waals surface area contributed by atoms with Gasteiger partial charge in [0, 0.05) is 13.1 Å². The highest BCUT2D eigenvalue weighted by Gasteiger charge is 2.31. The molecule has 0 aromatic heterocycles. The third-order valence-electron chi connectivity index (χ3n) is 1.77. The van der Waals surface area contributed by atoms with Crippen LogP contribution in [0.1, 0.15) is 34.6 Å². The van der Waals surface area contributed by atoms with Crippen molar-refractivity contribution in [2.75, 3.05) is 13.1 Å². The highest BCUT2D eigenvalue weighted by atomic mass is 16.3. The standard InChI is InChI=1S/C10H21NO3/c1-6-11(7-9(2,3)13)8(12)10(4,5)14/h13-14H,6-7H2,1-5H3. The highest BCUT2D eigenvalue weighted by Crippen LogP contribution is 2.11. The molecule has 0 radical (unpaired) electrons.